The van der Waals surface area contributed by atoms with Crippen molar-refractivity contribution in [2.45, 2.75) is 5.54 Å². The van der Waals surface area contributed by atoms with Crippen LogP contribution in [0.5, 0.6) is 0 Å². The first-order valence-electron chi connectivity index (χ1n) is 4.23. The Morgan fingerprint density at radius 2 is 2.33 bits per heavy atom. The number of rotatable bonds is 2. The van der Waals surface area contributed by atoms with E-state index in [4.69, 9.17) is 0 Å². The summed E-state index contributed by atoms with van der Waals surface area (Å²) in [6.45, 7) is 0. The summed E-state index contributed by atoms with van der Waals surface area (Å²) in [5.74, 6) is -1.07. The Bertz CT molecular complexity index is 429. The quantitative estimate of drug-likeness (QED) is 0.702. The van der Waals surface area contributed by atoms with Crippen LogP contribution in [0, 0.1) is 0 Å². The van der Waals surface area contributed by atoms with Gasteiger partial charge in [-0.2, -0.15) is 0 Å². The van der Waals surface area contributed by atoms with Crippen LogP contribution < -0.4 is 5.32 Å². The molecule has 0 saturated heterocycles. The van der Waals surface area contributed by atoms with Crippen LogP contribution in [-0.4, -0.2) is 27.3 Å². The Morgan fingerprint density at radius 3 is 2.87 bits per heavy atom. The summed E-state index contributed by atoms with van der Waals surface area (Å²) < 4.78 is 0. The third kappa shape index (κ3) is 1.45. The van der Waals surface area contributed by atoms with Crippen LogP contribution in [0.25, 0.3) is 0 Å². The first kappa shape index (κ1) is 9.32. The maximum atomic E-state index is 11.2. The van der Waals surface area contributed by atoms with E-state index in [0.29, 0.717) is 5.69 Å². The average Bonchev–Trinajstić information content (AvgIpc) is 2.31. The summed E-state index contributed by atoms with van der Waals surface area (Å²) in [6, 6.07) is 0. The number of nitrogens with one attached hydrogen (secondary N) is 1. The normalized spacial score (nSPS) is 23.5. The van der Waals surface area contributed by atoms with Crippen molar-refractivity contribution in [3.63, 3.8) is 0 Å². The molecular weight excluding hydrogens is 196 g/mol. The van der Waals surface area contributed by atoms with Crippen LogP contribution in [0.4, 0.5) is 0 Å². The first-order chi connectivity index (χ1) is 7.26. The SMILES string of the molecule is O=C(O)C1(c2cnccn2)C=NC=CN1. The van der Waals surface area contributed by atoms with E-state index in [0.717, 1.165) is 0 Å². The second-order valence-electron chi connectivity index (χ2n) is 2.94. The topological polar surface area (TPSA) is 87.5 Å². The van der Waals surface area contributed by atoms with E-state index in [-0.39, 0.29) is 0 Å². The fourth-order valence-corrected chi connectivity index (χ4v) is 1.27. The molecule has 1 aliphatic rings. The number of aromatic nitrogens is 2. The largest absolute Gasteiger partial charge is 0.479 e. The molecule has 6 heteroatoms. The second-order valence-corrected chi connectivity index (χ2v) is 2.94. The molecule has 0 spiro atoms. The Morgan fingerprint density at radius 1 is 1.47 bits per heavy atom. The lowest BCUT2D eigenvalue weighted by molar-refractivity contribution is -0.141. The van der Waals surface area contributed by atoms with Gasteiger partial charge < -0.3 is 10.4 Å². The predicted octanol–water partition coefficient (Wildman–Crippen LogP) is -0.0983. The number of carboxylic acid groups (broad SMARTS) is 1. The third-order valence-corrected chi connectivity index (χ3v) is 2.04. The van der Waals surface area contributed by atoms with Crippen LogP contribution in [0.15, 0.2) is 36.0 Å². The van der Waals surface area contributed by atoms with E-state index in [2.05, 4.69) is 20.3 Å². The zero-order valence-electron chi connectivity index (χ0n) is 7.66. The number of nitrogens with zero attached hydrogens (tertiary/aromatic N) is 3. The summed E-state index contributed by atoms with van der Waals surface area (Å²) in [4.78, 5) is 22.8. The molecule has 0 aliphatic carbocycles. The Kier molecular flexibility index (Phi) is 2.17. The van der Waals surface area contributed by atoms with Gasteiger partial charge in [0.2, 0.25) is 5.54 Å². The summed E-state index contributed by atoms with van der Waals surface area (Å²) in [5, 5.41) is 11.9. The van der Waals surface area contributed by atoms with E-state index in [1.807, 2.05) is 0 Å². The summed E-state index contributed by atoms with van der Waals surface area (Å²) in [7, 11) is 0. The highest BCUT2D eigenvalue weighted by Gasteiger charge is 2.40. The lowest BCUT2D eigenvalue weighted by Crippen LogP contribution is -2.50. The number of carbonyl (C=O) groups is 1. The Labute approximate surface area is 85.4 Å². The van der Waals surface area contributed by atoms with Crippen LogP contribution in [0.2, 0.25) is 0 Å². The highest BCUT2D eigenvalue weighted by atomic mass is 16.4. The minimum absolute atomic E-state index is 0.297. The molecule has 1 atom stereocenters. The molecule has 2 heterocycles. The van der Waals surface area contributed by atoms with Gasteiger partial charge in [0.25, 0.3) is 0 Å². The van der Waals surface area contributed by atoms with Crippen molar-refractivity contribution in [3.05, 3.63) is 36.7 Å². The monoisotopic (exact) mass is 204 g/mol. The van der Waals surface area contributed by atoms with Gasteiger partial charge in [0.15, 0.2) is 0 Å². The highest BCUT2D eigenvalue weighted by Crippen LogP contribution is 2.18. The van der Waals surface area contributed by atoms with Crippen LogP contribution in [-0.2, 0) is 10.3 Å². The van der Waals surface area contributed by atoms with Gasteiger partial charge in [0, 0.05) is 31.0 Å². The van der Waals surface area contributed by atoms with E-state index in [9.17, 15) is 9.90 Å². The number of aliphatic carboxylic acids is 1. The standard InChI is InChI=1S/C9H8N4O2/c14-8(15)9(6-11-2-4-13-9)7-5-10-1-3-12-7/h1-6,13H,(H,14,15). The Balaban J connectivity index is 2.49. The molecule has 0 amide bonds. The van der Waals surface area contributed by atoms with Crippen molar-refractivity contribution in [2.75, 3.05) is 0 Å². The van der Waals surface area contributed by atoms with Gasteiger partial charge in [-0.1, -0.05) is 0 Å². The van der Waals surface area contributed by atoms with Gasteiger partial charge in [-0.3, -0.25) is 15.0 Å². The summed E-state index contributed by atoms with van der Waals surface area (Å²) in [6.07, 6.45) is 8.54. The molecule has 0 bridgehead atoms. The maximum Gasteiger partial charge on any atom is 0.341 e. The van der Waals surface area contributed by atoms with Gasteiger partial charge in [-0.05, 0) is 0 Å². The fraction of sp³-hybridized carbons (Fsp3) is 0.111. The van der Waals surface area contributed by atoms with E-state index < -0.39 is 11.5 Å². The van der Waals surface area contributed by atoms with Gasteiger partial charge in [-0.15, -0.1) is 0 Å². The van der Waals surface area contributed by atoms with Crippen molar-refractivity contribution in [1.82, 2.24) is 15.3 Å². The summed E-state index contributed by atoms with van der Waals surface area (Å²) >= 11 is 0. The van der Waals surface area contributed by atoms with Crippen molar-refractivity contribution < 1.29 is 9.90 Å². The van der Waals surface area contributed by atoms with Gasteiger partial charge in [0.1, 0.15) is 5.69 Å². The molecule has 15 heavy (non-hydrogen) atoms. The molecule has 0 aromatic carbocycles. The predicted molar refractivity (Wildman–Crippen MR) is 52.1 cm³/mol. The molecule has 1 aromatic heterocycles. The Hall–Kier alpha value is -2.24. The molecule has 0 saturated carbocycles. The molecule has 2 rings (SSSR count). The molecular formula is C9H8N4O2. The van der Waals surface area contributed by atoms with Crippen molar-refractivity contribution >= 4 is 12.2 Å². The first-order valence-corrected chi connectivity index (χ1v) is 4.23. The molecule has 76 valence electrons. The average molecular weight is 204 g/mol. The third-order valence-electron chi connectivity index (χ3n) is 2.04. The van der Waals surface area contributed by atoms with Crippen LogP contribution in [0.1, 0.15) is 5.69 Å². The van der Waals surface area contributed by atoms with E-state index >= 15 is 0 Å². The smallest absolute Gasteiger partial charge is 0.341 e. The van der Waals surface area contributed by atoms with E-state index in [1.165, 1.54) is 37.2 Å². The van der Waals surface area contributed by atoms with E-state index in [1.54, 1.807) is 0 Å². The number of carboxylic acids is 1. The van der Waals surface area contributed by atoms with Gasteiger partial charge in [-0.25, -0.2) is 4.79 Å². The molecule has 2 N–H and O–H groups in total. The van der Waals surface area contributed by atoms with Crippen molar-refractivity contribution in [1.29, 1.82) is 0 Å². The van der Waals surface area contributed by atoms with Crippen LogP contribution in [0.3, 0.4) is 0 Å². The summed E-state index contributed by atoms with van der Waals surface area (Å²) in [5.41, 5.74) is -1.12. The van der Waals surface area contributed by atoms with Crippen molar-refractivity contribution in [2.24, 2.45) is 4.99 Å². The highest BCUT2D eigenvalue weighted by molar-refractivity contribution is 6.00. The molecule has 0 fully saturated rings. The lowest BCUT2D eigenvalue weighted by atomic mass is 9.97. The zero-order valence-corrected chi connectivity index (χ0v) is 7.66. The van der Waals surface area contributed by atoms with Gasteiger partial charge in [0.05, 0.1) is 6.20 Å². The molecule has 0 radical (unpaired) electrons. The number of hydrogen-bond donors (Lipinski definition) is 2. The molecule has 1 aromatic rings. The van der Waals surface area contributed by atoms with Crippen molar-refractivity contribution in [3.8, 4) is 0 Å². The second kappa shape index (κ2) is 3.49. The molecule has 1 unspecified atom stereocenters. The minimum atomic E-state index is -1.41. The zero-order chi connectivity index (χ0) is 10.7. The molecule has 6 nitrogen and oxygen atoms in total. The lowest BCUT2D eigenvalue weighted by Gasteiger charge is -2.26. The number of hydrogen-bond acceptors (Lipinski definition) is 5. The fourth-order valence-electron chi connectivity index (χ4n) is 1.27. The molecule has 1 aliphatic heterocycles. The number of aliphatic imine (C=N–C) groups is 1. The minimum Gasteiger partial charge on any atom is -0.479 e. The van der Waals surface area contributed by atoms with Gasteiger partial charge >= 0.3 is 5.97 Å². The van der Waals surface area contributed by atoms with Crippen LogP contribution >= 0.6 is 0 Å². The maximum absolute atomic E-state index is 11.2.